The summed E-state index contributed by atoms with van der Waals surface area (Å²) in [7, 11) is 1.31. The van der Waals surface area contributed by atoms with Gasteiger partial charge < -0.3 is 10.1 Å². The third-order valence-corrected chi connectivity index (χ3v) is 3.36. The van der Waals surface area contributed by atoms with Crippen molar-refractivity contribution in [3.8, 4) is 0 Å². The number of halogens is 2. The Balaban J connectivity index is 2.45. The van der Waals surface area contributed by atoms with Gasteiger partial charge in [0.1, 0.15) is 0 Å². The SMILES string of the molecule is COC(=O)CCCC(=O)Nc1cncc(Br)c1Cl. The molecular formula is C11H12BrClN2O3. The van der Waals surface area contributed by atoms with Crippen molar-refractivity contribution in [2.24, 2.45) is 0 Å². The van der Waals surface area contributed by atoms with Crippen LogP contribution >= 0.6 is 27.5 Å². The van der Waals surface area contributed by atoms with Gasteiger partial charge in [0, 0.05) is 19.0 Å². The molecule has 1 aromatic rings. The molecule has 0 saturated heterocycles. The van der Waals surface area contributed by atoms with Crippen molar-refractivity contribution in [1.82, 2.24) is 4.98 Å². The number of carbonyl (C=O) groups is 2. The molecule has 1 aromatic heterocycles. The molecule has 0 radical (unpaired) electrons. The molecule has 0 spiro atoms. The van der Waals surface area contributed by atoms with Gasteiger partial charge in [-0.2, -0.15) is 0 Å². The molecule has 0 saturated carbocycles. The number of hydrogen-bond donors (Lipinski definition) is 1. The summed E-state index contributed by atoms with van der Waals surface area (Å²) in [6.45, 7) is 0. The van der Waals surface area contributed by atoms with E-state index in [0.717, 1.165) is 0 Å². The van der Waals surface area contributed by atoms with E-state index in [1.807, 2.05) is 0 Å². The molecule has 1 N–H and O–H groups in total. The molecule has 1 rings (SSSR count). The number of amides is 1. The van der Waals surface area contributed by atoms with Gasteiger partial charge in [-0.15, -0.1) is 0 Å². The lowest BCUT2D eigenvalue weighted by Gasteiger charge is -2.07. The molecule has 98 valence electrons. The van der Waals surface area contributed by atoms with Gasteiger partial charge in [0.15, 0.2) is 0 Å². The number of methoxy groups -OCH3 is 1. The van der Waals surface area contributed by atoms with Gasteiger partial charge >= 0.3 is 5.97 Å². The van der Waals surface area contributed by atoms with Crippen molar-refractivity contribution in [2.45, 2.75) is 19.3 Å². The Bertz CT molecular complexity index is 454. The lowest BCUT2D eigenvalue weighted by Crippen LogP contribution is -2.12. The molecule has 0 atom stereocenters. The number of nitrogens with zero attached hydrogens (tertiary/aromatic N) is 1. The first-order valence-corrected chi connectivity index (χ1v) is 6.37. The van der Waals surface area contributed by atoms with E-state index in [0.29, 0.717) is 21.6 Å². The van der Waals surface area contributed by atoms with Crippen LogP contribution in [0.3, 0.4) is 0 Å². The second-order valence-corrected chi connectivity index (χ2v) is 4.69. The number of hydrogen-bond acceptors (Lipinski definition) is 4. The number of carbonyl (C=O) groups excluding carboxylic acids is 2. The molecule has 0 bridgehead atoms. The maximum absolute atomic E-state index is 11.6. The van der Waals surface area contributed by atoms with E-state index in [1.165, 1.54) is 19.5 Å². The van der Waals surface area contributed by atoms with Crippen molar-refractivity contribution in [2.75, 3.05) is 12.4 Å². The van der Waals surface area contributed by atoms with Crippen LogP contribution < -0.4 is 5.32 Å². The van der Waals surface area contributed by atoms with E-state index >= 15 is 0 Å². The number of rotatable bonds is 5. The Kier molecular flexibility index (Phi) is 6.07. The highest BCUT2D eigenvalue weighted by Gasteiger charge is 2.09. The van der Waals surface area contributed by atoms with E-state index in [2.05, 4.69) is 31.0 Å². The lowest BCUT2D eigenvalue weighted by atomic mass is 10.2. The Hall–Kier alpha value is -1.14. The normalized spacial score (nSPS) is 9.94. The van der Waals surface area contributed by atoms with Gasteiger partial charge in [-0.3, -0.25) is 14.6 Å². The summed E-state index contributed by atoms with van der Waals surface area (Å²) in [5, 5.41) is 3.02. The molecule has 0 unspecified atom stereocenters. The first kappa shape index (κ1) is 14.9. The molecular weight excluding hydrogens is 323 g/mol. The Morgan fingerprint density at radius 2 is 2.17 bits per heavy atom. The van der Waals surface area contributed by atoms with Gasteiger partial charge in [-0.25, -0.2) is 0 Å². The largest absolute Gasteiger partial charge is 0.469 e. The van der Waals surface area contributed by atoms with E-state index in [-0.39, 0.29) is 24.7 Å². The Labute approximate surface area is 118 Å². The average molecular weight is 336 g/mol. The van der Waals surface area contributed by atoms with Crippen molar-refractivity contribution >= 4 is 45.1 Å². The van der Waals surface area contributed by atoms with Crippen molar-refractivity contribution < 1.29 is 14.3 Å². The predicted molar refractivity (Wildman–Crippen MR) is 71.4 cm³/mol. The minimum absolute atomic E-state index is 0.217. The van der Waals surface area contributed by atoms with Crippen LogP contribution in [0, 0.1) is 0 Å². The lowest BCUT2D eigenvalue weighted by molar-refractivity contribution is -0.140. The summed E-state index contributed by atoms with van der Waals surface area (Å²) in [6, 6.07) is 0. The number of anilines is 1. The van der Waals surface area contributed by atoms with Gasteiger partial charge in [0.25, 0.3) is 0 Å². The van der Waals surface area contributed by atoms with Crippen LogP contribution in [0.1, 0.15) is 19.3 Å². The van der Waals surface area contributed by atoms with Crippen LogP contribution in [0.4, 0.5) is 5.69 Å². The minimum Gasteiger partial charge on any atom is -0.469 e. The average Bonchev–Trinajstić information content (AvgIpc) is 2.34. The van der Waals surface area contributed by atoms with Crippen molar-refractivity contribution in [3.63, 3.8) is 0 Å². The maximum atomic E-state index is 11.6. The summed E-state index contributed by atoms with van der Waals surface area (Å²) in [6.07, 6.45) is 3.87. The molecule has 1 amide bonds. The van der Waals surface area contributed by atoms with Crippen LogP contribution in [0.25, 0.3) is 0 Å². The minimum atomic E-state index is -0.329. The van der Waals surface area contributed by atoms with Gasteiger partial charge in [-0.05, 0) is 22.4 Å². The molecule has 5 nitrogen and oxygen atoms in total. The second kappa shape index (κ2) is 7.33. The summed E-state index contributed by atoms with van der Waals surface area (Å²) >= 11 is 9.18. The molecule has 0 aliphatic heterocycles. The third-order valence-electron chi connectivity index (χ3n) is 2.12. The summed E-state index contributed by atoms with van der Waals surface area (Å²) in [5.41, 5.74) is 0.439. The number of pyridine rings is 1. The van der Waals surface area contributed by atoms with Crippen LogP contribution in [0.2, 0.25) is 5.02 Å². The highest BCUT2D eigenvalue weighted by molar-refractivity contribution is 9.10. The zero-order valence-corrected chi connectivity index (χ0v) is 12.0. The molecule has 0 aliphatic carbocycles. The van der Waals surface area contributed by atoms with E-state index in [1.54, 1.807) is 0 Å². The fraction of sp³-hybridized carbons (Fsp3) is 0.364. The highest BCUT2D eigenvalue weighted by atomic mass is 79.9. The quantitative estimate of drug-likeness (QED) is 0.840. The van der Waals surface area contributed by atoms with Crippen LogP contribution in [0.5, 0.6) is 0 Å². The second-order valence-electron chi connectivity index (χ2n) is 3.46. The van der Waals surface area contributed by atoms with Gasteiger partial charge in [-0.1, -0.05) is 11.6 Å². The van der Waals surface area contributed by atoms with Crippen molar-refractivity contribution in [1.29, 1.82) is 0 Å². The summed E-state index contributed by atoms with van der Waals surface area (Å²) in [5.74, 6) is -0.550. The fourth-order valence-corrected chi connectivity index (χ4v) is 1.69. The van der Waals surface area contributed by atoms with Crippen molar-refractivity contribution in [3.05, 3.63) is 21.9 Å². The Morgan fingerprint density at radius 3 is 2.83 bits per heavy atom. The molecule has 0 aromatic carbocycles. The molecule has 7 heteroatoms. The van der Waals surface area contributed by atoms with Gasteiger partial charge in [0.2, 0.25) is 5.91 Å². The topological polar surface area (TPSA) is 68.3 Å². The highest BCUT2D eigenvalue weighted by Crippen LogP contribution is 2.28. The van der Waals surface area contributed by atoms with Crippen LogP contribution in [-0.2, 0) is 14.3 Å². The number of esters is 1. The first-order valence-electron chi connectivity index (χ1n) is 5.20. The molecule has 0 aliphatic rings. The van der Waals surface area contributed by atoms with E-state index in [4.69, 9.17) is 11.6 Å². The number of nitrogens with one attached hydrogen (secondary N) is 1. The molecule has 18 heavy (non-hydrogen) atoms. The number of aromatic nitrogens is 1. The monoisotopic (exact) mass is 334 g/mol. The van der Waals surface area contributed by atoms with E-state index in [9.17, 15) is 9.59 Å². The molecule has 1 heterocycles. The number of ether oxygens (including phenoxy) is 1. The van der Waals surface area contributed by atoms with Gasteiger partial charge in [0.05, 0.1) is 28.5 Å². The van der Waals surface area contributed by atoms with Crippen LogP contribution in [0.15, 0.2) is 16.9 Å². The summed E-state index contributed by atoms with van der Waals surface area (Å²) in [4.78, 5) is 26.3. The third kappa shape index (κ3) is 4.62. The standard InChI is InChI=1S/C11H12BrClN2O3/c1-18-10(17)4-2-3-9(16)15-8-6-14-5-7(12)11(8)13/h5-6H,2-4H2,1H3,(H,15,16). The zero-order valence-electron chi connectivity index (χ0n) is 9.70. The van der Waals surface area contributed by atoms with Crippen LogP contribution in [-0.4, -0.2) is 24.0 Å². The van der Waals surface area contributed by atoms with E-state index < -0.39 is 0 Å². The fourth-order valence-electron chi connectivity index (χ4n) is 1.21. The summed E-state index contributed by atoms with van der Waals surface area (Å²) < 4.78 is 5.09. The maximum Gasteiger partial charge on any atom is 0.305 e. The Morgan fingerprint density at radius 1 is 1.44 bits per heavy atom. The zero-order chi connectivity index (χ0) is 13.5. The smallest absolute Gasteiger partial charge is 0.305 e. The first-order chi connectivity index (χ1) is 8.54. The predicted octanol–water partition coefficient (Wildman–Crippen LogP) is 2.78. The molecule has 0 fully saturated rings.